The second-order valence-electron chi connectivity index (χ2n) is 4.54. The van der Waals surface area contributed by atoms with E-state index in [0.717, 1.165) is 38.3 Å². The summed E-state index contributed by atoms with van der Waals surface area (Å²) in [5.41, 5.74) is 0.908. The van der Waals surface area contributed by atoms with Gasteiger partial charge in [0.05, 0.1) is 6.10 Å². The lowest BCUT2D eigenvalue weighted by molar-refractivity contribution is 0.0742. The van der Waals surface area contributed by atoms with Gasteiger partial charge in [-0.1, -0.05) is 13.0 Å². The third kappa shape index (κ3) is 3.49. The van der Waals surface area contributed by atoms with Crippen LogP contribution in [0.3, 0.4) is 0 Å². The second kappa shape index (κ2) is 6.10. The van der Waals surface area contributed by atoms with Crippen molar-refractivity contribution in [3.05, 3.63) is 30.1 Å². The van der Waals surface area contributed by atoms with Crippen LogP contribution in [0.1, 0.15) is 18.6 Å². The zero-order valence-electron chi connectivity index (χ0n) is 10.4. The number of aromatic nitrogens is 1. The minimum absolute atomic E-state index is 0.420. The highest BCUT2D eigenvalue weighted by atomic mass is 16.3. The molecule has 4 heteroatoms. The Hall–Kier alpha value is -0.970. The van der Waals surface area contributed by atoms with Crippen LogP contribution in [-0.2, 0) is 0 Å². The van der Waals surface area contributed by atoms with Gasteiger partial charge in [0, 0.05) is 50.7 Å². The molecule has 0 bridgehead atoms. The molecule has 1 aromatic rings. The smallest absolute Gasteiger partial charge is 0.0931 e. The summed E-state index contributed by atoms with van der Waals surface area (Å²) in [4.78, 5) is 8.80. The third-order valence-electron chi connectivity index (χ3n) is 3.41. The van der Waals surface area contributed by atoms with Crippen LogP contribution in [0.2, 0.25) is 0 Å². The van der Waals surface area contributed by atoms with Crippen molar-refractivity contribution in [3.63, 3.8) is 0 Å². The number of aliphatic hydroxyl groups excluding tert-OH is 1. The number of piperazine rings is 1. The number of nitrogens with zero attached hydrogens (tertiary/aromatic N) is 3. The Kier molecular flexibility index (Phi) is 4.48. The first-order valence-electron chi connectivity index (χ1n) is 6.32. The number of hydrogen-bond acceptors (Lipinski definition) is 4. The maximum Gasteiger partial charge on any atom is 0.0931 e. The summed E-state index contributed by atoms with van der Waals surface area (Å²) in [5, 5.41) is 10.1. The predicted octanol–water partition coefficient (Wildman–Crippen LogP) is 0.752. The van der Waals surface area contributed by atoms with Gasteiger partial charge >= 0.3 is 0 Å². The standard InChI is InChI=1S/C13H21N3O/c1-2-15-6-8-16(9-7-15)11-13(17)12-4-3-5-14-10-12/h3-5,10,13,17H,2,6-9,11H2,1H3. The van der Waals surface area contributed by atoms with E-state index in [1.165, 1.54) is 0 Å². The van der Waals surface area contributed by atoms with Gasteiger partial charge < -0.3 is 10.0 Å². The molecule has 1 aliphatic rings. The van der Waals surface area contributed by atoms with Crippen LogP contribution in [0.25, 0.3) is 0 Å². The second-order valence-corrected chi connectivity index (χ2v) is 4.54. The van der Waals surface area contributed by atoms with Crippen molar-refractivity contribution >= 4 is 0 Å². The summed E-state index contributed by atoms with van der Waals surface area (Å²) in [6.45, 7) is 8.34. The summed E-state index contributed by atoms with van der Waals surface area (Å²) in [7, 11) is 0. The minimum atomic E-state index is -0.420. The molecule has 1 saturated heterocycles. The van der Waals surface area contributed by atoms with Crippen LogP contribution in [0.15, 0.2) is 24.5 Å². The fraction of sp³-hybridized carbons (Fsp3) is 0.615. The molecule has 1 N–H and O–H groups in total. The molecule has 0 spiro atoms. The molecule has 17 heavy (non-hydrogen) atoms. The molecule has 0 aliphatic carbocycles. The van der Waals surface area contributed by atoms with Crippen LogP contribution in [0.4, 0.5) is 0 Å². The maximum atomic E-state index is 10.1. The van der Waals surface area contributed by atoms with Crippen molar-refractivity contribution in [1.29, 1.82) is 0 Å². The molecular weight excluding hydrogens is 214 g/mol. The van der Waals surface area contributed by atoms with Crippen molar-refractivity contribution in [2.45, 2.75) is 13.0 Å². The average molecular weight is 235 g/mol. The van der Waals surface area contributed by atoms with E-state index in [9.17, 15) is 5.11 Å². The zero-order chi connectivity index (χ0) is 12.1. The molecule has 94 valence electrons. The Bertz CT molecular complexity index is 323. The molecule has 0 saturated carbocycles. The molecule has 1 aliphatic heterocycles. The quantitative estimate of drug-likeness (QED) is 0.836. The normalized spacial score (nSPS) is 20.4. The first-order chi connectivity index (χ1) is 8.29. The Morgan fingerprint density at radius 1 is 1.29 bits per heavy atom. The molecule has 2 heterocycles. The molecular formula is C13H21N3O. The van der Waals surface area contributed by atoms with Crippen LogP contribution in [0.5, 0.6) is 0 Å². The SMILES string of the molecule is CCN1CCN(CC(O)c2cccnc2)CC1. The van der Waals surface area contributed by atoms with E-state index in [0.29, 0.717) is 6.54 Å². The molecule has 0 amide bonds. The zero-order valence-corrected chi connectivity index (χ0v) is 10.4. The Morgan fingerprint density at radius 2 is 2.00 bits per heavy atom. The first-order valence-corrected chi connectivity index (χ1v) is 6.32. The van der Waals surface area contributed by atoms with Gasteiger partial charge in [0.25, 0.3) is 0 Å². The summed E-state index contributed by atoms with van der Waals surface area (Å²) in [6, 6.07) is 3.80. The molecule has 0 radical (unpaired) electrons. The number of pyridine rings is 1. The number of aliphatic hydroxyl groups is 1. The van der Waals surface area contributed by atoms with Gasteiger partial charge in [-0.2, -0.15) is 0 Å². The van der Waals surface area contributed by atoms with Crippen LogP contribution >= 0.6 is 0 Å². The first kappa shape index (κ1) is 12.5. The number of likely N-dealkylation sites (N-methyl/N-ethyl adjacent to an activating group) is 1. The third-order valence-corrected chi connectivity index (χ3v) is 3.41. The van der Waals surface area contributed by atoms with Crippen LogP contribution in [-0.4, -0.2) is 59.2 Å². The lowest BCUT2D eigenvalue weighted by Gasteiger charge is -2.35. The molecule has 2 rings (SSSR count). The minimum Gasteiger partial charge on any atom is -0.387 e. The highest BCUT2D eigenvalue weighted by molar-refractivity contribution is 5.12. The lowest BCUT2D eigenvalue weighted by Crippen LogP contribution is -2.47. The fourth-order valence-corrected chi connectivity index (χ4v) is 2.21. The maximum absolute atomic E-state index is 10.1. The topological polar surface area (TPSA) is 39.6 Å². The van der Waals surface area contributed by atoms with Gasteiger partial charge in [-0.15, -0.1) is 0 Å². The van der Waals surface area contributed by atoms with Crippen LogP contribution < -0.4 is 0 Å². The summed E-state index contributed by atoms with van der Waals surface area (Å²) < 4.78 is 0. The van der Waals surface area contributed by atoms with Gasteiger partial charge in [0.1, 0.15) is 0 Å². The lowest BCUT2D eigenvalue weighted by atomic mass is 10.1. The van der Waals surface area contributed by atoms with E-state index in [4.69, 9.17) is 0 Å². The fourth-order valence-electron chi connectivity index (χ4n) is 2.21. The number of β-amino-alcohol motifs (C(OH)–C–C–N with tert-alkyl or cyclic N) is 1. The monoisotopic (exact) mass is 235 g/mol. The van der Waals surface area contributed by atoms with Gasteiger partial charge in [-0.05, 0) is 12.6 Å². The van der Waals surface area contributed by atoms with E-state index in [2.05, 4.69) is 21.7 Å². The molecule has 0 aromatic carbocycles. The summed E-state index contributed by atoms with van der Waals surface area (Å²) >= 11 is 0. The van der Waals surface area contributed by atoms with Gasteiger partial charge in [-0.25, -0.2) is 0 Å². The van der Waals surface area contributed by atoms with Gasteiger partial charge in [0.15, 0.2) is 0 Å². The van der Waals surface area contributed by atoms with E-state index in [1.54, 1.807) is 12.4 Å². The van der Waals surface area contributed by atoms with Crippen molar-refractivity contribution in [2.24, 2.45) is 0 Å². The van der Waals surface area contributed by atoms with Crippen molar-refractivity contribution in [2.75, 3.05) is 39.3 Å². The highest BCUT2D eigenvalue weighted by Gasteiger charge is 2.18. The van der Waals surface area contributed by atoms with Crippen LogP contribution in [0, 0.1) is 0 Å². The molecule has 1 aromatic heterocycles. The van der Waals surface area contributed by atoms with E-state index >= 15 is 0 Å². The largest absolute Gasteiger partial charge is 0.387 e. The van der Waals surface area contributed by atoms with E-state index in [1.807, 2.05) is 12.1 Å². The predicted molar refractivity (Wildman–Crippen MR) is 67.8 cm³/mol. The summed E-state index contributed by atoms with van der Waals surface area (Å²) in [6.07, 6.45) is 3.06. The summed E-state index contributed by atoms with van der Waals surface area (Å²) in [5.74, 6) is 0. The van der Waals surface area contributed by atoms with Crippen molar-refractivity contribution in [3.8, 4) is 0 Å². The van der Waals surface area contributed by atoms with Crippen molar-refractivity contribution in [1.82, 2.24) is 14.8 Å². The number of hydrogen-bond donors (Lipinski definition) is 1. The molecule has 1 atom stereocenters. The average Bonchev–Trinajstić information content (AvgIpc) is 2.40. The molecule has 4 nitrogen and oxygen atoms in total. The Balaban J connectivity index is 1.82. The van der Waals surface area contributed by atoms with Crippen molar-refractivity contribution < 1.29 is 5.11 Å². The Labute approximate surface area is 103 Å². The number of rotatable bonds is 4. The van der Waals surface area contributed by atoms with Gasteiger partial charge in [0.2, 0.25) is 0 Å². The molecule has 1 fully saturated rings. The van der Waals surface area contributed by atoms with Gasteiger partial charge in [-0.3, -0.25) is 9.88 Å². The Morgan fingerprint density at radius 3 is 2.59 bits per heavy atom. The highest BCUT2D eigenvalue weighted by Crippen LogP contribution is 2.13. The van der Waals surface area contributed by atoms with E-state index in [-0.39, 0.29) is 0 Å². The molecule has 1 unspecified atom stereocenters. The van der Waals surface area contributed by atoms with E-state index < -0.39 is 6.10 Å².